The van der Waals surface area contributed by atoms with E-state index in [2.05, 4.69) is 15.8 Å². The molecule has 7 heteroatoms. The maximum atomic E-state index is 14.5. The molecular weight excluding hydrogens is 395 g/mol. The van der Waals surface area contributed by atoms with Gasteiger partial charge in [-0.25, -0.2) is 4.39 Å². The molecule has 2 aromatic rings. The van der Waals surface area contributed by atoms with Crippen LogP contribution in [0.2, 0.25) is 0 Å². The van der Waals surface area contributed by atoms with Crippen LogP contribution in [-0.4, -0.2) is 46.8 Å². The second-order valence-electron chi connectivity index (χ2n) is 8.72. The van der Waals surface area contributed by atoms with Gasteiger partial charge in [0.05, 0.1) is 11.3 Å². The SMILES string of the molecule is O=C(c1cc(CC2=NNC(O)c3ccccc32)ccc1F)N1CC(NC2CCCC2)C1. The number of aliphatic hydroxyl groups is 1. The second-order valence-corrected chi connectivity index (χ2v) is 8.72. The monoisotopic (exact) mass is 422 g/mol. The van der Waals surface area contributed by atoms with Crippen molar-refractivity contribution in [2.75, 3.05) is 13.1 Å². The zero-order valence-electron chi connectivity index (χ0n) is 17.4. The number of aliphatic hydroxyl groups excluding tert-OH is 1. The molecule has 6 nitrogen and oxygen atoms in total. The summed E-state index contributed by atoms with van der Waals surface area (Å²) >= 11 is 0. The molecule has 162 valence electrons. The summed E-state index contributed by atoms with van der Waals surface area (Å²) < 4.78 is 14.5. The molecule has 1 unspecified atom stereocenters. The Morgan fingerprint density at radius 1 is 1.16 bits per heavy atom. The highest BCUT2D eigenvalue weighted by Crippen LogP contribution is 2.25. The maximum absolute atomic E-state index is 14.5. The summed E-state index contributed by atoms with van der Waals surface area (Å²) in [5, 5.41) is 18.0. The molecule has 1 saturated carbocycles. The van der Waals surface area contributed by atoms with Crippen LogP contribution >= 0.6 is 0 Å². The fraction of sp³-hybridized carbons (Fsp3) is 0.417. The van der Waals surface area contributed by atoms with Crippen LogP contribution < -0.4 is 10.7 Å². The van der Waals surface area contributed by atoms with Gasteiger partial charge in [0, 0.05) is 42.7 Å². The number of halogens is 1. The molecule has 2 aliphatic heterocycles. The van der Waals surface area contributed by atoms with Crippen LogP contribution in [0.5, 0.6) is 0 Å². The van der Waals surface area contributed by atoms with Crippen LogP contribution in [0, 0.1) is 5.82 Å². The zero-order valence-corrected chi connectivity index (χ0v) is 17.4. The Bertz CT molecular complexity index is 1010. The van der Waals surface area contributed by atoms with Gasteiger partial charge in [-0.15, -0.1) is 0 Å². The van der Waals surface area contributed by atoms with Crippen molar-refractivity contribution in [3.8, 4) is 0 Å². The minimum Gasteiger partial charge on any atom is -0.368 e. The molecule has 31 heavy (non-hydrogen) atoms. The summed E-state index contributed by atoms with van der Waals surface area (Å²) in [5.41, 5.74) is 5.98. The Hall–Kier alpha value is -2.77. The van der Waals surface area contributed by atoms with Gasteiger partial charge in [-0.2, -0.15) is 5.10 Å². The van der Waals surface area contributed by atoms with Gasteiger partial charge in [0.1, 0.15) is 5.82 Å². The molecule has 2 aromatic carbocycles. The Morgan fingerprint density at radius 3 is 2.74 bits per heavy atom. The minimum atomic E-state index is -0.845. The Morgan fingerprint density at radius 2 is 1.94 bits per heavy atom. The van der Waals surface area contributed by atoms with Crippen LogP contribution in [0.25, 0.3) is 0 Å². The molecule has 5 rings (SSSR count). The van der Waals surface area contributed by atoms with Crippen molar-refractivity contribution in [1.29, 1.82) is 0 Å². The van der Waals surface area contributed by atoms with Crippen LogP contribution in [0.15, 0.2) is 47.6 Å². The van der Waals surface area contributed by atoms with Gasteiger partial charge in [-0.3, -0.25) is 10.2 Å². The Labute approximate surface area is 181 Å². The molecule has 1 saturated heterocycles. The molecule has 0 bridgehead atoms. The summed E-state index contributed by atoms with van der Waals surface area (Å²) in [4.78, 5) is 14.6. The minimum absolute atomic E-state index is 0.106. The van der Waals surface area contributed by atoms with Crippen LogP contribution in [0.1, 0.15) is 59.0 Å². The number of fused-ring (bicyclic) bond motifs is 1. The first-order chi connectivity index (χ1) is 15.1. The topological polar surface area (TPSA) is 77.0 Å². The lowest BCUT2D eigenvalue weighted by atomic mass is 9.95. The van der Waals surface area contributed by atoms with E-state index < -0.39 is 12.0 Å². The number of nitrogens with zero attached hydrogens (tertiary/aromatic N) is 2. The van der Waals surface area contributed by atoms with Gasteiger partial charge in [0.25, 0.3) is 5.91 Å². The first-order valence-corrected chi connectivity index (χ1v) is 11.0. The lowest BCUT2D eigenvalue weighted by Crippen LogP contribution is -2.61. The Kier molecular flexibility index (Phi) is 5.46. The van der Waals surface area contributed by atoms with Gasteiger partial charge in [-0.1, -0.05) is 43.2 Å². The molecule has 3 aliphatic rings. The predicted molar refractivity (Wildman–Crippen MR) is 116 cm³/mol. The largest absolute Gasteiger partial charge is 0.368 e. The number of benzene rings is 2. The van der Waals surface area contributed by atoms with Crippen LogP contribution in [-0.2, 0) is 6.42 Å². The molecular formula is C24H27FN4O2. The number of carbonyl (C=O) groups is 1. The molecule has 0 radical (unpaired) electrons. The van der Waals surface area contributed by atoms with Gasteiger partial charge in [0.15, 0.2) is 6.23 Å². The summed E-state index contributed by atoms with van der Waals surface area (Å²) in [6, 6.07) is 13.1. The fourth-order valence-corrected chi connectivity index (χ4v) is 4.79. The molecule has 2 heterocycles. The molecule has 1 aliphatic carbocycles. The van der Waals surface area contributed by atoms with Gasteiger partial charge in [-0.05, 0) is 30.5 Å². The Balaban J connectivity index is 1.27. The van der Waals surface area contributed by atoms with E-state index >= 15 is 0 Å². The van der Waals surface area contributed by atoms with Crippen LogP contribution in [0.4, 0.5) is 4.39 Å². The maximum Gasteiger partial charge on any atom is 0.256 e. The van der Waals surface area contributed by atoms with Gasteiger partial charge >= 0.3 is 0 Å². The standard InChI is InChI=1S/C24H27FN4O2/c25-21-10-9-15(12-22-18-7-3-4-8-19(18)23(30)28-27-22)11-20(21)24(31)29-13-17(14-29)26-16-5-1-2-6-16/h3-4,7-11,16-17,23,26,28,30H,1-2,5-6,12-14H2. The van der Waals surface area contributed by atoms with Crippen molar-refractivity contribution in [3.63, 3.8) is 0 Å². The van der Waals surface area contributed by atoms with E-state index in [1.807, 2.05) is 24.3 Å². The number of nitrogens with one attached hydrogen (secondary N) is 2. The van der Waals surface area contributed by atoms with Crippen molar-refractivity contribution in [2.45, 2.75) is 50.4 Å². The highest BCUT2D eigenvalue weighted by atomic mass is 19.1. The highest BCUT2D eigenvalue weighted by molar-refractivity contribution is 6.04. The third kappa shape index (κ3) is 4.07. The van der Waals surface area contributed by atoms with Crippen LogP contribution in [0.3, 0.4) is 0 Å². The van der Waals surface area contributed by atoms with E-state index in [0.29, 0.717) is 31.6 Å². The quantitative estimate of drug-likeness (QED) is 0.693. The van der Waals surface area contributed by atoms with Crippen molar-refractivity contribution in [1.82, 2.24) is 15.6 Å². The zero-order chi connectivity index (χ0) is 21.4. The fourth-order valence-electron chi connectivity index (χ4n) is 4.79. The number of hydrogen-bond acceptors (Lipinski definition) is 5. The van der Waals surface area contributed by atoms with Crippen molar-refractivity contribution >= 4 is 11.6 Å². The lowest BCUT2D eigenvalue weighted by Gasteiger charge is -2.41. The average molecular weight is 423 g/mol. The summed E-state index contributed by atoms with van der Waals surface area (Å²) in [6.07, 6.45) is 4.55. The number of likely N-dealkylation sites (tertiary alicyclic amines) is 1. The normalized spacial score (nSPS) is 21.3. The summed E-state index contributed by atoms with van der Waals surface area (Å²) in [5.74, 6) is -0.760. The summed E-state index contributed by atoms with van der Waals surface area (Å²) in [7, 11) is 0. The number of hydrogen-bond donors (Lipinski definition) is 3. The third-order valence-electron chi connectivity index (χ3n) is 6.52. The number of hydrazone groups is 1. The first kappa shape index (κ1) is 20.2. The van der Waals surface area contributed by atoms with E-state index in [0.717, 1.165) is 22.4 Å². The van der Waals surface area contributed by atoms with Crippen molar-refractivity contribution in [3.05, 3.63) is 70.5 Å². The third-order valence-corrected chi connectivity index (χ3v) is 6.52. The highest BCUT2D eigenvalue weighted by Gasteiger charge is 2.34. The van der Waals surface area contributed by atoms with E-state index in [9.17, 15) is 14.3 Å². The number of rotatable bonds is 5. The number of amides is 1. The molecule has 1 atom stereocenters. The number of carbonyl (C=O) groups excluding carboxylic acids is 1. The smallest absolute Gasteiger partial charge is 0.256 e. The van der Waals surface area contributed by atoms with Gasteiger partial charge < -0.3 is 15.3 Å². The molecule has 0 spiro atoms. The van der Waals surface area contributed by atoms with Crippen molar-refractivity contribution < 1.29 is 14.3 Å². The summed E-state index contributed by atoms with van der Waals surface area (Å²) in [6.45, 7) is 1.25. The first-order valence-electron chi connectivity index (χ1n) is 11.0. The average Bonchev–Trinajstić information content (AvgIpc) is 3.27. The molecule has 3 N–H and O–H groups in total. The van der Waals surface area contributed by atoms with E-state index in [1.165, 1.54) is 31.7 Å². The predicted octanol–water partition coefficient (Wildman–Crippen LogP) is 2.72. The van der Waals surface area contributed by atoms with E-state index in [4.69, 9.17) is 0 Å². The molecule has 1 amide bonds. The van der Waals surface area contributed by atoms with E-state index in [-0.39, 0.29) is 11.5 Å². The van der Waals surface area contributed by atoms with Gasteiger partial charge in [0.2, 0.25) is 0 Å². The van der Waals surface area contributed by atoms with Crippen molar-refractivity contribution in [2.24, 2.45) is 5.10 Å². The lowest BCUT2D eigenvalue weighted by molar-refractivity contribution is 0.0548. The molecule has 0 aromatic heterocycles. The second kappa shape index (κ2) is 8.40. The molecule has 2 fully saturated rings. The van der Waals surface area contributed by atoms with E-state index in [1.54, 1.807) is 17.0 Å².